The molecule has 0 fully saturated rings. The van der Waals surface area contributed by atoms with Gasteiger partial charge in [0.2, 0.25) is 0 Å². The van der Waals surface area contributed by atoms with Gasteiger partial charge < -0.3 is 15.3 Å². The van der Waals surface area contributed by atoms with Crippen LogP contribution in [0.5, 0.6) is 0 Å². The second-order valence-corrected chi connectivity index (χ2v) is 4.69. The highest BCUT2D eigenvalue weighted by atomic mass is 19.4. The summed E-state index contributed by atoms with van der Waals surface area (Å²) in [6.45, 7) is 0.291. The summed E-state index contributed by atoms with van der Waals surface area (Å²) in [5.74, 6) is -3.75. The largest absolute Gasteiger partial charge is 0.480 e. The third-order valence-corrected chi connectivity index (χ3v) is 3.25. The summed E-state index contributed by atoms with van der Waals surface area (Å²) in [4.78, 5) is 23.6. The number of hydrogen-bond acceptors (Lipinski definition) is 3. The van der Waals surface area contributed by atoms with Gasteiger partial charge in [-0.05, 0) is 18.1 Å². The summed E-state index contributed by atoms with van der Waals surface area (Å²) in [5.41, 5.74) is 1.79. The van der Waals surface area contributed by atoms with Crippen molar-refractivity contribution in [1.82, 2.24) is 5.32 Å². The highest BCUT2D eigenvalue weighted by Crippen LogP contribution is 2.27. The summed E-state index contributed by atoms with van der Waals surface area (Å²) in [6.07, 6.45) is -4.41. The van der Waals surface area contributed by atoms with Crippen molar-refractivity contribution in [1.29, 1.82) is 0 Å². The van der Waals surface area contributed by atoms with Crippen LogP contribution in [0.4, 0.5) is 18.9 Å². The number of halogens is 3. The fourth-order valence-corrected chi connectivity index (χ4v) is 2.24. The molecule has 21 heavy (non-hydrogen) atoms. The summed E-state index contributed by atoms with van der Waals surface area (Å²) in [7, 11) is 0. The lowest BCUT2D eigenvalue weighted by Gasteiger charge is -2.24. The highest BCUT2D eigenvalue weighted by Gasteiger charge is 2.41. The minimum absolute atomic E-state index is 0.214. The molecule has 0 aromatic heterocycles. The Kier molecular flexibility index (Phi) is 4.06. The Labute approximate surface area is 118 Å². The van der Waals surface area contributed by atoms with Gasteiger partial charge in [-0.2, -0.15) is 13.2 Å². The molecule has 1 heterocycles. The molecule has 0 bridgehead atoms. The lowest BCUT2D eigenvalue weighted by atomic mass is 10.2. The van der Waals surface area contributed by atoms with Crippen molar-refractivity contribution in [3.8, 4) is 0 Å². The zero-order chi connectivity index (χ0) is 15.6. The molecule has 1 aromatic carbocycles. The van der Waals surface area contributed by atoms with Crippen LogP contribution in [0, 0.1) is 0 Å². The molecular weight excluding hydrogens is 289 g/mol. The Hall–Kier alpha value is -2.25. The van der Waals surface area contributed by atoms with E-state index >= 15 is 0 Å². The molecule has 2 N–H and O–H groups in total. The van der Waals surface area contributed by atoms with Crippen molar-refractivity contribution in [2.24, 2.45) is 0 Å². The van der Waals surface area contributed by atoms with Crippen LogP contribution < -0.4 is 10.2 Å². The first-order valence-electron chi connectivity index (χ1n) is 6.22. The number of nitrogens with zero attached hydrogens (tertiary/aromatic N) is 1. The van der Waals surface area contributed by atoms with E-state index in [0.717, 1.165) is 11.3 Å². The zero-order valence-corrected chi connectivity index (χ0v) is 10.9. The molecule has 2 rings (SSSR count). The number of fused-ring (bicyclic) bond motifs is 1. The quantitative estimate of drug-likeness (QED) is 0.876. The predicted molar refractivity (Wildman–Crippen MR) is 68.0 cm³/mol. The molecular formula is C13H13F3N2O3. The van der Waals surface area contributed by atoms with E-state index in [1.807, 2.05) is 12.1 Å². The molecule has 0 saturated carbocycles. The van der Waals surface area contributed by atoms with Crippen LogP contribution in [0.15, 0.2) is 24.3 Å². The Morgan fingerprint density at radius 1 is 1.33 bits per heavy atom. The van der Waals surface area contributed by atoms with E-state index in [1.54, 1.807) is 17.0 Å². The van der Waals surface area contributed by atoms with Gasteiger partial charge in [0.15, 0.2) is 0 Å². The fourth-order valence-electron chi connectivity index (χ4n) is 2.24. The number of amides is 1. The van der Waals surface area contributed by atoms with Crippen molar-refractivity contribution in [2.75, 3.05) is 18.0 Å². The number of carboxylic acid groups (broad SMARTS) is 1. The van der Waals surface area contributed by atoms with Crippen LogP contribution in [0.2, 0.25) is 0 Å². The highest BCUT2D eigenvalue weighted by molar-refractivity contribution is 5.87. The lowest BCUT2D eigenvalue weighted by molar-refractivity contribution is -0.175. The molecule has 0 saturated heterocycles. The summed E-state index contributed by atoms with van der Waals surface area (Å²) >= 11 is 0. The maximum absolute atomic E-state index is 12.2. The second kappa shape index (κ2) is 5.63. The minimum Gasteiger partial charge on any atom is -0.480 e. The predicted octanol–water partition coefficient (Wildman–Crippen LogP) is 1.18. The standard InChI is InChI=1S/C13H13F3N2O3/c14-13(15,16)12(21)17-9(11(19)20)7-18-6-5-8-3-1-2-4-10(8)18/h1-4,9H,5-7H2,(H,17,21)(H,19,20). The van der Waals surface area contributed by atoms with E-state index in [0.29, 0.717) is 13.0 Å². The van der Waals surface area contributed by atoms with Gasteiger partial charge >= 0.3 is 18.1 Å². The van der Waals surface area contributed by atoms with Gasteiger partial charge in [0, 0.05) is 18.8 Å². The number of anilines is 1. The topological polar surface area (TPSA) is 69.6 Å². The van der Waals surface area contributed by atoms with E-state index in [4.69, 9.17) is 5.11 Å². The maximum Gasteiger partial charge on any atom is 0.471 e. The van der Waals surface area contributed by atoms with Gasteiger partial charge in [0.25, 0.3) is 0 Å². The SMILES string of the molecule is O=C(O)C(CN1CCc2ccccc21)NC(=O)C(F)(F)F. The Morgan fingerprint density at radius 3 is 2.62 bits per heavy atom. The molecule has 8 heteroatoms. The smallest absolute Gasteiger partial charge is 0.471 e. The molecule has 114 valence electrons. The number of carboxylic acids is 1. The zero-order valence-electron chi connectivity index (χ0n) is 10.9. The third-order valence-electron chi connectivity index (χ3n) is 3.25. The van der Waals surface area contributed by atoms with Gasteiger partial charge in [-0.1, -0.05) is 18.2 Å². The van der Waals surface area contributed by atoms with Gasteiger partial charge in [-0.3, -0.25) is 4.79 Å². The average Bonchev–Trinajstić information content (AvgIpc) is 2.80. The molecule has 1 aliphatic rings. The first kappa shape index (κ1) is 15.1. The molecule has 0 spiro atoms. The van der Waals surface area contributed by atoms with Crippen LogP contribution in [-0.4, -0.2) is 42.3 Å². The van der Waals surface area contributed by atoms with Gasteiger partial charge in [-0.25, -0.2) is 4.79 Å². The summed E-state index contributed by atoms with van der Waals surface area (Å²) in [5, 5.41) is 10.5. The van der Waals surface area contributed by atoms with Crippen LogP contribution >= 0.6 is 0 Å². The first-order valence-corrected chi connectivity index (χ1v) is 6.22. The van der Waals surface area contributed by atoms with Crippen LogP contribution in [0.1, 0.15) is 5.56 Å². The second-order valence-electron chi connectivity index (χ2n) is 4.69. The number of hydrogen-bond donors (Lipinski definition) is 2. The van der Waals surface area contributed by atoms with E-state index < -0.39 is 24.1 Å². The molecule has 1 atom stereocenters. The number of para-hydroxylation sites is 1. The Morgan fingerprint density at radius 2 is 2.00 bits per heavy atom. The lowest BCUT2D eigenvalue weighted by Crippen LogP contribution is -2.52. The number of alkyl halides is 3. The minimum atomic E-state index is -5.10. The number of aliphatic carboxylic acids is 1. The molecule has 1 aromatic rings. The van der Waals surface area contributed by atoms with Crippen molar-refractivity contribution in [2.45, 2.75) is 18.6 Å². The van der Waals surface area contributed by atoms with E-state index in [9.17, 15) is 22.8 Å². The summed E-state index contributed by atoms with van der Waals surface area (Å²) in [6, 6.07) is 5.63. The summed E-state index contributed by atoms with van der Waals surface area (Å²) < 4.78 is 36.6. The number of carbonyl (C=O) groups excluding carboxylic acids is 1. The molecule has 1 aliphatic heterocycles. The van der Waals surface area contributed by atoms with Gasteiger partial charge in [0.05, 0.1) is 0 Å². The molecule has 1 unspecified atom stereocenters. The van der Waals surface area contributed by atoms with Gasteiger partial charge in [-0.15, -0.1) is 0 Å². The molecule has 0 radical (unpaired) electrons. The average molecular weight is 302 g/mol. The monoisotopic (exact) mass is 302 g/mol. The maximum atomic E-state index is 12.2. The molecule has 5 nitrogen and oxygen atoms in total. The molecule has 0 aliphatic carbocycles. The Bertz CT molecular complexity index is 560. The number of nitrogens with one attached hydrogen (secondary N) is 1. The van der Waals surface area contributed by atoms with E-state index in [2.05, 4.69) is 0 Å². The fraction of sp³-hybridized carbons (Fsp3) is 0.385. The van der Waals surface area contributed by atoms with Gasteiger partial charge in [0.1, 0.15) is 6.04 Å². The third kappa shape index (κ3) is 3.45. The molecule has 1 amide bonds. The normalized spacial score (nSPS) is 15.5. The van der Waals surface area contributed by atoms with Crippen LogP contribution in [0.3, 0.4) is 0 Å². The van der Waals surface area contributed by atoms with Crippen molar-refractivity contribution in [3.63, 3.8) is 0 Å². The van der Waals surface area contributed by atoms with Crippen LogP contribution in [0.25, 0.3) is 0 Å². The van der Waals surface area contributed by atoms with Crippen molar-refractivity contribution in [3.05, 3.63) is 29.8 Å². The van der Waals surface area contributed by atoms with Crippen molar-refractivity contribution >= 4 is 17.6 Å². The first-order chi connectivity index (χ1) is 9.79. The van der Waals surface area contributed by atoms with Crippen molar-refractivity contribution < 1.29 is 27.9 Å². The number of rotatable bonds is 4. The van der Waals surface area contributed by atoms with E-state index in [-0.39, 0.29) is 6.54 Å². The van der Waals surface area contributed by atoms with Crippen LogP contribution in [-0.2, 0) is 16.0 Å². The number of carbonyl (C=O) groups is 2. The Balaban J connectivity index is 2.08. The number of benzene rings is 1. The van der Waals surface area contributed by atoms with E-state index in [1.165, 1.54) is 5.32 Å².